The second kappa shape index (κ2) is 14.3. The van der Waals surface area contributed by atoms with Crippen LogP contribution in [-0.2, 0) is 16.1 Å². The molecule has 0 radical (unpaired) electrons. The smallest absolute Gasteiger partial charge is 0.252 e. The van der Waals surface area contributed by atoms with Gasteiger partial charge in [0, 0.05) is 55.8 Å². The molecule has 248 valence electrons. The Hall–Kier alpha value is -3.50. The average Bonchev–Trinajstić information content (AvgIpc) is 3.90. The lowest BCUT2D eigenvalue weighted by Crippen LogP contribution is -2.61. The molecule has 1 N–H and O–H groups in total. The summed E-state index contributed by atoms with van der Waals surface area (Å²) in [6, 6.07) is 14.9. The number of benzene rings is 3. The highest BCUT2D eigenvalue weighted by Crippen LogP contribution is 2.38. The van der Waals surface area contributed by atoms with Crippen LogP contribution in [0.5, 0.6) is 17.2 Å². The lowest BCUT2D eigenvalue weighted by Gasteiger charge is -2.44. The van der Waals surface area contributed by atoms with E-state index in [0.29, 0.717) is 63.0 Å². The molecule has 3 aromatic rings. The molecule has 2 bridgehead atoms. The molecule has 1 saturated carbocycles. The molecule has 3 aliphatic rings. The summed E-state index contributed by atoms with van der Waals surface area (Å²) in [6.45, 7) is 3.11. The predicted molar refractivity (Wildman–Crippen MR) is 180 cm³/mol. The lowest BCUT2D eigenvalue weighted by molar-refractivity contribution is -0.132. The van der Waals surface area contributed by atoms with Crippen LogP contribution < -0.4 is 19.5 Å². The molecule has 3 aromatic carbocycles. The van der Waals surface area contributed by atoms with Crippen molar-refractivity contribution < 1.29 is 28.2 Å². The third kappa shape index (κ3) is 7.64. The molecule has 0 unspecified atom stereocenters. The van der Waals surface area contributed by atoms with E-state index in [0.717, 1.165) is 24.0 Å². The molecular weight excluding hydrogens is 668 g/mol. The molecule has 47 heavy (non-hydrogen) atoms. The van der Waals surface area contributed by atoms with E-state index in [1.807, 2.05) is 24.3 Å². The number of rotatable bonds is 11. The zero-order valence-corrected chi connectivity index (χ0v) is 28.3. The van der Waals surface area contributed by atoms with Gasteiger partial charge in [0.25, 0.3) is 5.91 Å². The molecule has 1 saturated heterocycles. The van der Waals surface area contributed by atoms with Gasteiger partial charge in [-0.15, -0.1) is 0 Å². The highest BCUT2D eigenvalue weighted by Gasteiger charge is 2.43. The van der Waals surface area contributed by atoms with Crippen molar-refractivity contribution in [3.05, 3.63) is 92.2 Å². The molecule has 0 aromatic heterocycles. The lowest BCUT2D eigenvalue weighted by atomic mass is 9.82. The van der Waals surface area contributed by atoms with Crippen molar-refractivity contribution in [2.45, 2.75) is 50.9 Å². The van der Waals surface area contributed by atoms with E-state index in [1.165, 1.54) is 19.2 Å². The third-order valence-corrected chi connectivity index (χ3v) is 9.73. The summed E-state index contributed by atoms with van der Waals surface area (Å²) in [5, 5.41) is 4.64. The topological polar surface area (TPSA) is 80.3 Å². The first kappa shape index (κ1) is 33.4. The normalized spacial score (nSPS) is 19.0. The van der Waals surface area contributed by atoms with Crippen LogP contribution in [0.2, 0.25) is 15.1 Å². The number of carbonyl (C=O) groups excluding carboxylic acids is 2. The van der Waals surface area contributed by atoms with Gasteiger partial charge in [-0.1, -0.05) is 46.9 Å². The maximum Gasteiger partial charge on any atom is 0.252 e. The number of hydrogen-bond donors (Lipinski definition) is 1. The number of carbonyl (C=O) groups is 2. The van der Waals surface area contributed by atoms with E-state index < -0.39 is 0 Å². The zero-order chi connectivity index (χ0) is 33.2. The van der Waals surface area contributed by atoms with E-state index in [4.69, 9.17) is 49.0 Å². The van der Waals surface area contributed by atoms with Crippen LogP contribution in [0.3, 0.4) is 0 Å². The Morgan fingerprint density at radius 2 is 1.64 bits per heavy atom. The number of fused-ring (bicyclic) bond motifs is 2. The summed E-state index contributed by atoms with van der Waals surface area (Å²) in [5.41, 5.74) is 2.83. The van der Waals surface area contributed by atoms with E-state index in [9.17, 15) is 14.0 Å². The number of hydrogen-bond acceptors (Lipinski definition) is 6. The third-order valence-electron chi connectivity index (χ3n) is 8.71. The number of halogens is 4. The number of nitrogens with one attached hydrogen (secondary N) is 1. The standard InChI is InChI=1S/C35H35Cl3FN3O5/c1-20(43)41-18-23-14-27(21-3-7-25(8-4-21)46-11-12-47-33-16-29(37)28(36)15-30(33)38)34(32(19-41)40-23)35(44)42(24-5-6-24)17-22-13-26(45-2)9-10-31(22)39/h3-4,7-10,13,15-16,23-24,32,40H,5-6,11-12,14,17-19H2,1-2H3/t23-,32-/m1/s1. The Morgan fingerprint density at radius 1 is 0.936 bits per heavy atom. The van der Waals surface area contributed by atoms with Gasteiger partial charge in [-0.3, -0.25) is 9.59 Å². The number of ether oxygens (including phenoxy) is 3. The fraction of sp³-hybridized carbons (Fsp3) is 0.371. The fourth-order valence-electron chi connectivity index (χ4n) is 6.19. The Balaban J connectivity index is 1.23. The average molecular weight is 703 g/mol. The second-order valence-corrected chi connectivity index (χ2v) is 13.2. The first-order valence-corrected chi connectivity index (χ1v) is 16.6. The van der Waals surface area contributed by atoms with Crippen molar-refractivity contribution in [2.75, 3.05) is 33.4 Å². The Labute approximate surface area is 288 Å². The number of piperazine rings is 1. The molecule has 1 aliphatic carbocycles. The van der Waals surface area contributed by atoms with Gasteiger partial charge in [0.2, 0.25) is 5.91 Å². The minimum Gasteiger partial charge on any atom is -0.497 e. The van der Waals surface area contributed by atoms with Gasteiger partial charge in [0.15, 0.2) is 0 Å². The van der Waals surface area contributed by atoms with Crippen LogP contribution in [0, 0.1) is 5.82 Å². The molecule has 2 amide bonds. The quantitative estimate of drug-likeness (QED) is 0.175. The Kier molecular flexibility index (Phi) is 10.2. The monoisotopic (exact) mass is 701 g/mol. The predicted octanol–water partition coefficient (Wildman–Crippen LogP) is 6.79. The Morgan fingerprint density at radius 3 is 2.34 bits per heavy atom. The molecule has 8 nitrogen and oxygen atoms in total. The molecular formula is C35H35Cl3FN3O5. The molecule has 2 heterocycles. The van der Waals surface area contributed by atoms with Crippen molar-refractivity contribution in [1.82, 2.24) is 15.1 Å². The van der Waals surface area contributed by atoms with Crippen molar-refractivity contribution in [3.63, 3.8) is 0 Å². The minimum absolute atomic E-state index is 0.00401. The summed E-state index contributed by atoms with van der Waals surface area (Å²) < 4.78 is 31.9. The first-order valence-electron chi connectivity index (χ1n) is 15.5. The molecule has 0 spiro atoms. The summed E-state index contributed by atoms with van der Waals surface area (Å²) in [7, 11) is 1.53. The van der Waals surface area contributed by atoms with Gasteiger partial charge >= 0.3 is 0 Å². The van der Waals surface area contributed by atoms with E-state index in [2.05, 4.69) is 5.32 Å². The largest absolute Gasteiger partial charge is 0.497 e. The summed E-state index contributed by atoms with van der Waals surface area (Å²) in [4.78, 5) is 30.5. The molecule has 6 rings (SSSR count). The van der Waals surface area contributed by atoms with E-state index in [-0.39, 0.29) is 55.5 Å². The van der Waals surface area contributed by atoms with Crippen LogP contribution in [-0.4, -0.2) is 73.2 Å². The maximum atomic E-state index is 14.9. The molecule has 2 atom stereocenters. The number of methoxy groups -OCH3 is 1. The van der Waals surface area contributed by atoms with Crippen molar-refractivity contribution >= 4 is 52.2 Å². The first-order chi connectivity index (χ1) is 22.6. The van der Waals surface area contributed by atoms with Gasteiger partial charge in [-0.2, -0.15) is 0 Å². The van der Waals surface area contributed by atoms with Crippen LogP contribution in [0.4, 0.5) is 4.39 Å². The van der Waals surface area contributed by atoms with Gasteiger partial charge < -0.3 is 29.3 Å². The van der Waals surface area contributed by atoms with Gasteiger partial charge in [-0.25, -0.2) is 4.39 Å². The molecule has 2 fully saturated rings. The van der Waals surface area contributed by atoms with Crippen LogP contribution in [0.1, 0.15) is 37.3 Å². The van der Waals surface area contributed by atoms with Crippen molar-refractivity contribution in [2.24, 2.45) is 0 Å². The van der Waals surface area contributed by atoms with E-state index >= 15 is 0 Å². The highest BCUT2D eigenvalue weighted by molar-refractivity contribution is 6.43. The van der Waals surface area contributed by atoms with Gasteiger partial charge in [0.1, 0.15) is 36.3 Å². The number of amides is 2. The summed E-state index contributed by atoms with van der Waals surface area (Å²) in [5.74, 6) is 1.02. The zero-order valence-electron chi connectivity index (χ0n) is 26.0. The van der Waals surface area contributed by atoms with Gasteiger partial charge in [0.05, 0.1) is 28.2 Å². The second-order valence-electron chi connectivity index (χ2n) is 12.0. The summed E-state index contributed by atoms with van der Waals surface area (Å²) in [6.07, 6.45) is 2.27. The SMILES string of the molecule is COc1ccc(F)c(CN(C(=O)C2=C(c3ccc(OCCOc4cc(Cl)c(Cl)cc4Cl)cc3)C[C@@H]3CN(C(C)=O)C[C@H]2N3)C2CC2)c1. The highest BCUT2D eigenvalue weighted by atomic mass is 35.5. The molecule has 12 heteroatoms. The maximum absolute atomic E-state index is 14.9. The Bertz CT molecular complexity index is 1700. The molecule has 2 aliphatic heterocycles. The van der Waals surface area contributed by atoms with Crippen LogP contribution in [0.25, 0.3) is 5.57 Å². The van der Waals surface area contributed by atoms with Crippen molar-refractivity contribution in [1.29, 1.82) is 0 Å². The van der Waals surface area contributed by atoms with Gasteiger partial charge in [-0.05, 0) is 66.8 Å². The van der Waals surface area contributed by atoms with Crippen molar-refractivity contribution in [3.8, 4) is 17.2 Å². The fourth-order valence-corrected chi connectivity index (χ4v) is 6.78. The number of nitrogens with zero attached hydrogens (tertiary/aromatic N) is 2. The van der Waals surface area contributed by atoms with E-state index in [1.54, 1.807) is 34.9 Å². The van der Waals surface area contributed by atoms with Crippen LogP contribution >= 0.6 is 34.8 Å². The minimum atomic E-state index is -0.387. The van der Waals surface area contributed by atoms with Crippen LogP contribution in [0.15, 0.2) is 60.2 Å². The summed E-state index contributed by atoms with van der Waals surface area (Å²) >= 11 is 18.3.